The molecule has 4 aromatic rings. The first-order valence-electron chi connectivity index (χ1n) is 12.4. The van der Waals surface area contributed by atoms with Gasteiger partial charge in [0.15, 0.2) is 17.3 Å². The average Bonchev–Trinajstić information content (AvgIpc) is 3.74. The molecule has 0 amide bonds. The number of pyridine rings is 1. The van der Waals surface area contributed by atoms with Gasteiger partial charge in [-0.2, -0.15) is 0 Å². The molecule has 11 heteroatoms. The van der Waals surface area contributed by atoms with E-state index in [-0.39, 0.29) is 5.82 Å². The number of nitrogens with zero attached hydrogens (tertiary/aromatic N) is 7. The van der Waals surface area contributed by atoms with Gasteiger partial charge in [-0.05, 0) is 51.0 Å². The summed E-state index contributed by atoms with van der Waals surface area (Å²) in [5.74, 6) is 1.86. The molecular weight excluding hydrogens is 491 g/mol. The number of thioether (sulfide) groups is 1. The maximum atomic E-state index is 14.0. The predicted octanol–water partition coefficient (Wildman–Crippen LogP) is 4.79. The zero-order valence-electron chi connectivity index (χ0n) is 21.3. The highest BCUT2D eigenvalue weighted by Gasteiger charge is 2.30. The molecule has 1 aliphatic rings. The van der Waals surface area contributed by atoms with Crippen molar-refractivity contribution in [1.29, 1.82) is 0 Å². The SMILES string of the molecule is CCSc1ccc(CNc2nc3c(C)nc(-c4c(C)ncnc4C4CC4)nc3n([C@@H](C)CF)c2=O)cn1. The van der Waals surface area contributed by atoms with Crippen LogP contribution in [-0.2, 0) is 6.54 Å². The second kappa shape index (κ2) is 10.5. The van der Waals surface area contributed by atoms with Gasteiger partial charge in [-0.25, -0.2) is 34.3 Å². The van der Waals surface area contributed by atoms with Crippen molar-refractivity contribution in [1.82, 2.24) is 34.5 Å². The topological polar surface area (TPSA) is 111 Å². The van der Waals surface area contributed by atoms with E-state index in [9.17, 15) is 9.18 Å². The Kier molecular flexibility index (Phi) is 7.14. The normalized spacial score (nSPS) is 14.2. The van der Waals surface area contributed by atoms with Crippen LogP contribution in [0.3, 0.4) is 0 Å². The van der Waals surface area contributed by atoms with Crippen molar-refractivity contribution in [3.8, 4) is 11.4 Å². The third kappa shape index (κ3) is 5.04. The Balaban J connectivity index is 1.59. The summed E-state index contributed by atoms with van der Waals surface area (Å²) in [6, 6.07) is 3.18. The third-order valence-corrected chi connectivity index (χ3v) is 7.21. The average molecular weight is 521 g/mol. The molecule has 1 N–H and O–H groups in total. The molecule has 0 aromatic carbocycles. The van der Waals surface area contributed by atoms with E-state index in [2.05, 4.69) is 32.2 Å². The first-order chi connectivity index (χ1) is 17.9. The summed E-state index contributed by atoms with van der Waals surface area (Å²) in [6.07, 6.45) is 5.46. The summed E-state index contributed by atoms with van der Waals surface area (Å²) in [6.45, 7) is 7.08. The van der Waals surface area contributed by atoms with Gasteiger partial charge in [0.25, 0.3) is 5.56 Å². The number of hydrogen-bond acceptors (Lipinski definition) is 9. The summed E-state index contributed by atoms with van der Waals surface area (Å²) in [5.41, 5.74) is 4.28. The molecule has 192 valence electrons. The lowest BCUT2D eigenvalue weighted by atomic mass is 10.1. The van der Waals surface area contributed by atoms with Crippen LogP contribution in [0.4, 0.5) is 10.2 Å². The molecule has 0 bridgehead atoms. The number of halogens is 1. The molecule has 5 rings (SSSR count). The molecule has 37 heavy (non-hydrogen) atoms. The van der Waals surface area contributed by atoms with Crippen LogP contribution >= 0.6 is 11.8 Å². The molecule has 4 heterocycles. The van der Waals surface area contributed by atoms with Gasteiger partial charge in [0.05, 0.1) is 33.7 Å². The van der Waals surface area contributed by atoms with E-state index in [1.807, 2.05) is 26.0 Å². The van der Waals surface area contributed by atoms with E-state index in [0.717, 1.165) is 46.1 Å². The monoisotopic (exact) mass is 520 g/mol. The zero-order chi connectivity index (χ0) is 26.1. The Hall–Kier alpha value is -3.47. The van der Waals surface area contributed by atoms with Crippen molar-refractivity contribution in [2.45, 2.75) is 64.1 Å². The van der Waals surface area contributed by atoms with E-state index in [0.29, 0.717) is 35.1 Å². The first-order valence-corrected chi connectivity index (χ1v) is 13.4. The molecule has 9 nitrogen and oxygen atoms in total. The second-order valence-corrected chi connectivity index (χ2v) is 10.5. The minimum absolute atomic E-state index is 0.122. The maximum absolute atomic E-state index is 14.0. The van der Waals surface area contributed by atoms with Crippen LogP contribution in [0.15, 0.2) is 34.5 Å². The van der Waals surface area contributed by atoms with E-state index >= 15 is 0 Å². The molecule has 4 aromatic heterocycles. The number of aromatic nitrogens is 7. The van der Waals surface area contributed by atoms with Crippen molar-refractivity contribution in [2.75, 3.05) is 17.7 Å². The highest BCUT2D eigenvalue weighted by atomic mass is 32.2. The van der Waals surface area contributed by atoms with Gasteiger partial charge in [-0.3, -0.25) is 9.36 Å². The Bertz CT molecular complexity index is 1500. The minimum Gasteiger partial charge on any atom is -0.361 e. The lowest BCUT2D eigenvalue weighted by Crippen LogP contribution is -2.29. The summed E-state index contributed by atoms with van der Waals surface area (Å²) >= 11 is 1.66. The zero-order valence-corrected chi connectivity index (χ0v) is 22.1. The molecule has 1 atom stereocenters. The quantitative estimate of drug-likeness (QED) is 0.311. The van der Waals surface area contributed by atoms with Crippen LogP contribution in [0.5, 0.6) is 0 Å². The predicted molar refractivity (Wildman–Crippen MR) is 143 cm³/mol. The van der Waals surface area contributed by atoms with Crippen LogP contribution in [-0.4, -0.2) is 46.9 Å². The van der Waals surface area contributed by atoms with Crippen LogP contribution in [0, 0.1) is 13.8 Å². The van der Waals surface area contributed by atoms with Gasteiger partial charge in [-0.15, -0.1) is 11.8 Å². The lowest BCUT2D eigenvalue weighted by molar-refractivity contribution is 0.376. The Morgan fingerprint density at radius 1 is 1.14 bits per heavy atom. The fraction of sp³-hybridized carbons (Fsp3) is 0.423. The number of alkyl halides is 1. The van der Waals surface area contributed by atoms with Crippen molar-refractivity contribution in [2.24, 2.45) is 0 Å². The van der Waals surface area contributed by atoms with Crippen molar-refractivity contribution < 1.29 is 4.39 Å². The number of fused-ring (bicyclic) bond motifs is 1. The number of rotatable bonds is 9. The van der Waals surface area contributed by atoms with E-state index in [1.165, 1.54) is 4.57 Å². The third-order valence-electron chi connectivity index (χ3n) is 6.38. The van der Waals surface area contributed by atoms with Gasteiger partial charge in [0.1, 0.15) is 18.5 Å². The summed E-state index contributed by atoms with van der Waals surface area (Å²) in [7, 11) is 0. The van der Waals surface area contributed by atoms with Crippen LogP contribution in [0.25, 0.3) is 22.6 Å². The molecule has 0 unspecified atom stereocenters. The van der Waals surface area contributed by atoms with Gasteiger partial charge in [0.2, 0.25) is 0 Å². The standard InChI is InChI=1S/C26H29FN8OS/c1-5-37-19-9-6-17(11-28-19)12-29-24-26(36)35(14(2)10-27)25-21(33-24)16(4)32-23(34-25)20-15(3)30-13-31-22(20)18-7-8-18/h6,9,11,13-14,18H,5,7-8,10,12H2,1-4H3,(H,29,33)/t14-/m0/s1. The number of aryl methyl sites for hydroxylation is 2. The lowest BCUT2D eigenvalue weighted by Gasteiger charge is -2.18. The summed E-state index contributed by atoms with van der Waals surface area (Å²) in [5, 5.41) is 4.06. The molecular formula is C26H29FN8OS. The van der Waals surface area contributed by atoms with Gasteiger partial charge < -0.3 is 5.32 Å². The maximum Gasteiger partial charge on any atom is 0.295 e. The first kappa shape index (κ1) is 25.2. The Morgan fingerprint density at radius 3 is 2.62 bits per heavy atom. The molecule has 1 aliphatic carbocycles. The molecule has 1 saturated carbocycles. The second-order valence-electron chi connectivity index (χ2n) is 9.23. The fourth-order valence-corrected chi connectivity index (χ4v) is 4.88. The van der Waals surface area contributed by atoms with E-state index in [4.69, 9.17) is 9.97 Å². The number of hydrogen-bond donors (Lipinski definition) is 1. The number of nitrogens with one attached hydrogen (secondary N) is 1. The minimum atomic E-state index is -0.733. The summed E-state index contributed by atoms with van der Waals surface area (Å²) < 4.78 is 15.3. The Morgan fingerprint density at radius 2 is 1.95 bits per heavy atom. The molecule has 0 radical (unpaired) electrons. The molecule has 0 spiro atoms. The van der Waals surface area contributed by atoms with Crippen LogP contribution in [0.1, 0.15) is 61.3 Å². The molecule has 0 saturated heterocycles. The van der Waals surface area contributed by atoms with E-state index in [1.54, 1.807) is 31.2 Å². The largest absolute Gasteiger partial charge is 0.361 e. The van der Waals surface area contributed by atoms with Crippen molar-refractivity contribution >= 4 is 28.7 Å². The van der Waals surface area contributed by atoms with Gasteiger partial charge >= 0.3 is 0 Å². The highest BCUT2D eigenvalue weighted by molar-refractivity contribution is 7.99. The number of anilines is 1. The van der Waals surface area contributed by atoms with Gasteiger partial charge in [0, 0.05) is 18.7 Å². The van der Waals surface area contributed by atoms with Crippen LogP contribution in [0.2, 0.25) is 0 Å². The molecule has 0 aliphatic heterocycles. The van der Waals surface area contributed by atoms with Crippen molar-refractivity contribution in [3.63, 3.8) is 0 Å². The van der Waals surface area contributed by atoms with Crippen LogP contribution < -0.4 is 10.9 Å². The summed E-state index contributed by atoms with van der Waals surface area (Å²) in [4.78, 5) is 40.9. The highest BCUT2D eigenvalue weighted by Crippen LogP contribution is 2.43. The van der Waals surface area contributed by atoms with Gasteiger partial charge in [-0.1, -0.05) is 13.0 Å². The Labute approximate surface area is 218 Å². The fourth-order valence-electron chi connectivity index (χ4n) is 4.29. The smallest absolute Gasteiger partial charge is 0.295 e. The molecule has 1 fully saturated rings. The van der Waals surface area contributed by atoms with Crippen molar-refractivity contribution in [3.05, 3.63) is 57.7 Å². The van der Waals surface area contributed by atoms with E-state index < -0.39 is 18.3 Å².